The predicted molar refractivity (Wildman–Crippen MR) is 143 cm³/mol. The van der Waals surface area contributed by atoms with Gasteiger partial charge >= 0.3 is 6.09 Å². The summed E-state index contributed by atoms with van der Waals surface area (Å²) in [5.74, 6) is -1.01. The van der Waals surface area contributed by atoms with Crippen molar-refractivity contribution in [3.8, 4) is 0 Å². The van der Waals surface area contributed by atoms with Gasteiger partial charge in [0.1, 0.15) is 0 Å². The molecule has 1 fully saturated rings. The molecule has 7 heteroatoms. The Morgan fingerprint density at radius 2 is 1.74 bits per heavy atom. The lowest BCUT2D eigenvalue weighted by Crippen LogP contribution is -2.37. The van der Waals surface area contributed by atoms with E-state index in [1.807, 2.05) is 31.2 Å². The summed E-state index contributed by atoms with van der Waals surface area (Å²) in [5, 5.41) is 5.43. The van der Waals surface area contributed by atoms with Gasteiger partial charge in [0, 0.05) is 24.1 Å². The molecule has 1 heterocycles. The monoisotopic (exact) mass is 488 g/mol. The van der Waals surface area contributed by atoms with Crippen LogP contribution in [0.25, 0.3) is 29.0 Å². The van der Waals surface area contributed by atoms with Gasteiger partial charge in [-0.25, -0.2) is 4.79 Å². The quantitative estimate of drug-likeness (QED) is 0.325. The van der Waals surface area contributed by atoms with E-state index < -0.39 is 17.9 Å². The molecule has 4 rings (SSSR count). The standard InChI is InChI=1S/C28H28N2O4S/c1-18(17-29-27(33)34-30-25(31)11-12-26(30)32)7-6-10-20-19(2)21-13-15-28(3,35)16-14-24(21)23-9-5-4-8-22(20)23/h4-10,13-16,35H,11-12,17H2,1-3H3,(H,29,33)/b10-6-,18-7+. The van der Waals surface area contributed by atoms with Crippen LogP contribution >= 0.6 is 12.6 Å². The highest BCUT2D eigenvalue weighted by atomic mass is 32.1. The van der Waals surface area contributed by atoms with E-state index in [0.717, 1.165) is 16.5 Å². The van der Waals surface area contributed by atoms with Gasteiger partial charge < -0.3 is 10.2 Å². The number of nitrogens with one attached hydrogen (secondary N) is 1. The molecule has 0 spiro atoms. The van der Waals surface area contributed by atoms with Gasteiger partial charge in [-0.05, 0) is 53.8 Å². The number of fused-ring (bicyclic) bond motifs is 3. The first-order chi connectivity index (χ1) is 16.7. The van der Waals surface area contributed by atoms with Crippen LogP contribution in [0, 0.1) is 6.92 Å². The molecule has 1 unspecified atom stereocenters. The molecule has 0 aromatic heterocycles. The minimum absolute atomic E-state index is 0.0622. The number of hydrogen-bond acceptors (Lipinski definition) is 5. The maximum absolute atomic E-state index is 11.9. The molecule has 6 nitrogen and oxygen atoms in total. The molecule has 35 heavy (non-hydrogen) atoms. The van der Waals surface area contributed by atoms with E-state index in [1.54, 1.807) is 0 Å². The number of hydroxylamine groups is 2. The summed E-state index contributed by atoms with van der Waals surface area (Å²) >= 11 is 4.73. The number of carbonyl (C=O) groups excluding carboxylic acids is 3. The van der Waals surface area contributed by atoms with Crippen molar-refractivity contribution in [2.45, 2.75) is 38.4 Å². The average Bonchev–Trinajstić information content (AvgIpc) is 3.03. The Labute approximate surface area is 210 Å². The molecule has 2 aromatic carbocycles. The Balaban J connectivity index is 1.52. The molecule has 2 aromatic rings. The number of imide groups is 1. The fraction of sp³-hybridized carbons (Fsp3) is 0.250. The zero-order valence-corrected chi connectivity index (χ0v) is 20.9. The molecule has 3 amide bonds. The number of carbonyl (C=O) groups is 3. The van der Waals surface area contributed by atoms with Crippen molar-refractivity contribution in [3.05, 3.63) is 76.4 Å². The summed E-state index contributed by atoms with van der Waals surface area (Å²) in [5.41, 5.74) is 5.54. The minimum Gasteiger partial charge on any atom is -0.316 e. The normalized spacial score (nSPS) is 20.0. The second-order valence-corrected chi connectivity index (χ2v) is 9.95. The molecule has 1 atom stereocenters. The van der Waals surface area contributed by atoms with Crippen molar-refractivity contribution < 1.29 is 19.2 Å². The zero-order valence-electron chi connectivity index (χ0n) is 20.0. The van der Waals surface area contributed by atoms with E-state index in [9.17, 15) is 14.4 Å². The van der Waals surface area contributed by atoms with E-state index in [4.69, 9.17) is 17.5 Å². The third-order valence-electron chi connectivity index (χ3n) is 6.12. The zero-order chi connectivity index (χ0) is 25.2. The van der Waals surface area contributed by atoms with Gasteiger partial charge in [0.25, 0.3) is 11.8 Å². The van der Waals surface area contributed by atoms with Crippen LogP contribution in [-0.2, 0) is 14.4 Å². The molecule has 2 aliphatic rings. The molecule has 1 aliphatic heterocycles. The third kappa shape index (κ3) is 5.41. The van der Waals surface area contributed by atoms with Crippen LogP contribution in [0.4, 0.5) is 4.79 Å². The first-order valence-electron chi connectivity index (χ1n) is 11.5. The fourth-order valence-corrected chi connectivity index (χ4v) is 4.32. The molecule has 1 saturated heterocycles. The van der Waals surface area contributed by atoms with Crippen LogP contribution in [0.3, 0.4) is 0 Å². The molecule has 0 bridgehead atoms. The fourth-order valence-electron chi connectivity index (χ4n) is 4.17. The highest BCUT2D eigenvalue weighted by molar-refractivity contribution is 7.82. The van der Waals surface area contributed by atoms with Crippen LogP contribution < -0.4 is 5.32 Å². The van der Waals surface area contributed by atoms with Gasteiger partial charge in [-0.3, -0.25) is 9.59 Å². The van der Waals surface area contributed by atoms with Crippen LogP contribution in [0.5, 0.6) is 0 Å². The Kier molecular flexibility index (Phi) is 6.98. The molecule has 1 N–H and O–H groups in total. The van der Waals surface area contributed by atoms with Crippen LogP contribution in [0.15, 0.2) is 54.1 Å². The summed E-state index contributed by atoms with van der Waals surface area (Å²) in [6.45, 7) is 6.28. The highest BCUT2D eigenvalue weighted by Crippen LogP contribution is 2.36. The van der Waals surface area contributed by atoms with Crippen molar-refractivity contribution in [3.63, 3.8) is 0 Å². The summed E-state index contributed by atoms with van der Waals surface area (Å²) < 4.78 is -0.314. The summed E-state index contributed by atoms with van der Waals surface area (Å²) in [7, 11) is 0. The van der Waals surface area contributed by atoms with E-state index in [-0.39, 0.29) is 24.1 Å². The van der Waals surface area contributed by atoms with Crippen molar-refractivity contribution in [2.75, 3.05) is 6.54 Å². The first-order valence-corrected chi connectivity index (χ1v) is 11.9. The maximum Gasteiger partial charge on any atom is 0.432 e. The topological polar surface area (TPSA) is 75.7 Å². The SMILES string of the molecule is C/C(=C\C=C/c1c(C)c2c(c3ccccc13)C=CC(C)(S)C=C2)CNC(=O)ON1C(=O)CCC1=O. The summed E-state index contributed by atoms with van der Waals surface area (Å²) in [6.07, 6.45) is 13.7. The predicted octanol–water partition coefficient (Wildman–Crippen LogP) is 5.63. The van der Waals surface area contributed by atoms with Crippen LogP contribution in [0.1, 0.15) is 48.9 Å². The lowest BCUT2D eigenvalue weighted by molar-refractivity contribution is -0.171. The van der Waals surface area contributed by atoms with Crippen molar-refractivity contribution in [1.29, 1.82) is 0 Å². The number of rotatable bonds is 5. The third-order valence-corrected chi connectivity index (χ3v) is 6.41. The number of allylic oxidation sites excluding steroid dienone is 2. The van der Waals surface area contributed by atoms with Gasteiger partial charge in [0.15, 0.2) is 0 Å². The van der Waals surface area contributed by atoms with Gasteiger partial charge in [-0.15, -0.1) is 5.06 Å². The van der Waals surface area contributed by atoms with Gasteiger partial charge in [-0.2, -0.15) is 12.6 Å². The molecule has 180 valence electrons. The number of hydrogen-bond donors (Lipinski definition) is 2. The van der Waals surface area contributed by atoms with E-state index in [0.29, 0.717) is 5.06 Å². The Hall–Kier alpha value is -3.58. The second-order valence-electron chi connectivity index (χ2n) is 8.99. The number of nitrogens with zero attached hydrogens (tertiary/aromatic N) is 1. The first kappa shape index (κ1) is 24.5. The molecular weight excluding hydrogens is 460 g/mol. The smallest absolute Gasteiger partial charge is 0.316 e. The summed E-state index contributed by atoms with van der Waals surface area (Å²) in [4.78, 5) is 39.9. The second kappa shape index (κ2) is 9.96. The molecule has 0 saturated carbocycles. The number of amides is 3. The average molecular weight is 489 g/mol. The maximum atomic E-state index is 11.9. The van der Waals surface area contributed by atoms with Crippen molar-refractivity contribution >= 4 is 59.5 Å². The lowest BCUT2D eigenvalue weighted by Gasteiger charge is -2.15. The van der Waals surface area contributed by atoms with E-state index >= 15 is 0 Å². The Bertz CT molecular complexity index is 1320. The highest BCUT2D eigenvalue weighted by Gasteiger charge is 2.32. The van der Waals surface area contributed by atoms with Crippen molar-refractivity contribution in [2.24, 2.45) is 0 Å². The van der Waals surface area contributed by atoms with Gasteiger partial charge in [-0.1, -0.05) is 72.4 Å². The van der Waals surface area contributed by atoms with Gasteiger partial charge in [0.05, 0.1) is 0 Å². The van der Waals surface area contributed by atoms with E-state index in [1.165, 1.54) is 22.1 Å². The Morgan fingerprint density at radius 1 is 1.11 bits per heavy atom. The number of benzene rings is 2. The minimum atomic E-state index is -0.839. The lowest BCUT2D eigenvalue weighted by atomic mass is 9.89. The number of thiol groups is 1. The molecule has 0 radical (unpaired) electrons. The van der Waals surface area contributed by atoms with E-state index in [2.05, 4.69) is 61.7 Å². The molecule has 1 aliphatic carbocycles. The summed E-state index contributed by atoms with van der Waals surface area (Å²) in [6, 6.07) is 8.35. The van der Waals surface area contributed by atoms with Crippen molar-refractivity contribution in [1.82, 2.24) is 10.4 Å². The Morgan fingerprint density at radius 3 is 2.43 bits per heavy atom. The largest absolute Gasteiger partial charge is 0.432 e. The van der Waals surface area contributed by atoms with Crippen LogP contribution in [-0.4, -0.2) is 34.3 Å². The van der Waals surface area contributed by atoms with Gasteiger partial charge in [0.2, 0.25) is 0 Å². The van der Waals surface area contributed by atoms with Crippen LogP contribution in [0.2, 0.25) is 0 Å². The molecular formula is C28H28N2O4S.